The molecule has 0 spiro atoms. The van der Waals surface area contributed by atoms with Crippen molar-refractivity contribution in [2.45, 2.75) is 13.3 Å². The van der Waals surface area contributed by atoms with Crippen molar-refractivity contribution in [2.24, 2.45) is 5.92 Å². The Balaban J connectivity index is 1.44. The van der Waals surface area contributed by atoms with Gasteiger partial charge in [-0.2, -0.15) is 0 Å². The second-order valence-electron chi connectivity index (χ2n) is 6.32. The highest BCUT2D eigenvalue weighted by molar-refractivity contribution is 5.95. The summed E-state index contributed by atoms with van der Waals surface area (Å²) < 4.78 is 5.49. The van der Waals surface area contributed by atoms with Crippen LogP contribution in [0.1, 0.15) is 12.0 Å². The Labute approximate surface area is 147 Å². The van der Waals surface area contributed by atoms with E-state index in [1.54, 1.807) is 4.90 Å². The zero-order chi connectivity index (χ0) is 17.6. The highest BCUT2D eigenvalue weighted by atomic mass is 16.5. The lowest BCUT2D eigenvalue weighted by atomic mass is 10.1. The molecule has 1 atom stereocenters. The molecule has 0 bridgehead atoms. The van der Waals surface area contributed by atoms with E-state index in [1.165, 1.54) is 0 Å². The maximum absolute atomic E-state index is 12.2. The average molecular weight is 338 g/mol. The van der Waals surface area contributed by atoms with E-state index in [4.69, 9.17) is 4.74 Å². The van der Waals surface area contributed by atoms with Crippen molar-refractivity contribution in [3.63, 3.8) is 0 Å². The predicted octanol–water partition coefficient (Wildman–Crippen LogP) is 2.54. The normalized spacial score (nSPS) is 16.8. The maximum atomic E-state index is 12.2. The topological polar surface area (TPSA) is 58.6 Å². The summed E-state index contributed by atoms with van der Waals surface area (Å²) in [6.07, 6.45) is 0.452. The first-order valence-electron chi connectivity index (χ1n) is 8.43. The van der Waals surface area contributed by atoms with Crippen LogP contribution < -0.4 is 15.0 Å². The summed E-state index contributed by atoms with van der Waals surface area (Å²) in [5.41, 5.74) is 1.99. The molecule has 3 rings (SSSR count). The molecule has 1 N–H and O–H groups in total. The fraction of sp³-hybridized carbons (Fsp3) is 0.300. The van der Waals surface area contributed by atoms with Crippen molar-refractivity contribution in [1.82, 2.24) is 5.32 Å². The summed E-state index contributed by atoms with van der Waals surface area (Å²) in [6.45, 7) is 3.06. The molecule has 1 aliphatic rings. The van der Waals surface area contributed by atoms with Crippen LogP contribution in [-0.4, -0.2) is 31.5 Å². The van der Waals surface area contributed by atoms with Crippen LogP contribution in [0.15, 0.2) is 54.6 Å². The molecule has 2 aromatic carbocycles. The lowest BCUT2D eigenvalue weighted by Crippen LogP contribution is -2.34. The first-order valence-corrected chi connectivity index (χ1v) is 8.43. The maximum Gasteiger partial charge on any atom is 0.257 e. The molecule has 0 aliphatic carbocycles. The van der Waals surface area contributed by atoms with Crippen molar-refractivity contribution in [2.75, 3.05) is 24.6 Å². The fourth-order valence-electron chi connectivity index (χ4n) is 2.94. The Kier molecular flexibility index (Phi) is 5.33. The summed E-state index contributed by atoms with van der Waals surface area (Å²) in [5, 5.41) is 2.86. The van der Waals surface area contributed by atoms with E-state index in [9.17, 15) is 9.59 Å². The van der Waals surface area contributed by atoms with E-state index >= 15 is 0 Å². The molecule has 0 aromatic heterocycles. The molecule has 25 heavy (non-hydrogen) atoms. The van der Waals surface area contributed by atoms with Gasteiger partial charge in [0.1, 0.15) is 5.75 Å². The van der Waals surface area contributed by atoms with Crippen molar-refractivity contribution < 1.29 is 14.3 Å². The van der Waals surface area contributed by atoms with Gasteiger partial charge in [-0.05, 0) is 36.8 Å². The van der Waals surface area contributed by atoms with E-state index < -0.39 is 0 Å². The number of anilines is 1. The predicted molar refractivity (Wildman–Crippen MR) is 96.6 cm³/mol. The molecule has 1 fully saturated rings. The highest BCUT2D eigenvalue weighted by Crippen LogP contribution is 2.24. The number of nitrogens with zero attached hydrogens (tertiary/aromatic N) is 1. The monoisotopic (exact) mass is 338 g/mol. The number of carbonyl (C=O) groups is 2. The van der Waals surface area contributed by atoms with E-state index in [0.717, 1.165) is 11.3 Å². The number of rotatable bonds is 6. The second kappa shape index (κ2) is 7.83. The summed E-state index contributed by atoms with van der Waals surface area (Å²) in [6, 6.07) is 17.2. The number of nitrogens with one attached hydrogen (secondary N) is 1. The zero-order valence-corrected chi connectivity index (χ0v) is 14.3. The molecular weight excluding hydrogens is 316 g/mol. The van der Waals surface area contributed by atoms with Gasteiger partial charge >= 0.3 is 0 Å². The molecule has 5 nitrogen and oxygen atoms in total. The third-order valence-electron chi connectivity index (χ3n) is 4.22. The smallest absolute Gasteiger partial charge is 0.257 e. The van der Waals surface area contributed by atoms with Crippen molar-refractivity contribution >= 4 is 17.5 Å². The zero-order valence-electron chi connectivity index (χ0n) is 14.3. The van der Waals surface area contributed by atoms with Crippen LogP contribution in [0.4, 0.5) is 5.69 Å². The lowest BCUT2D eigenvalue weighted by Gasteiger charge is -2.17. The van der Waals surface area contributed by atoms with E-state index in [2.05, 4.69) is 5.32 Å². The molecule has 1 heterocycles. The van der Waals surface area contributed by atoms with Crippen molar-refractivity contribution in [1.29, 1.82) is 0 Å². The van der Waals surface area contributed by atoms with Crippen molar-refractivity contribution in [3.8, 4) is 5.75 Å². The fourth-order valence-corrected chi connectivity index (χ4v) is 2.94. The Morgan fingerprint density at radius 3 is 2.76 bits per heavy atom. The quantitative estimate of drug-likeness (QED) is 0.880. The standard InChI is InChI=1S/C20H22N2O3/c1-15-6-5-9-18(10-15)25-14-19(23)21-12-16-11-20(24)22(13-16)17-7-3-2-4-8-17/h2-10,16H,11-14H2,1H3,(H,21,23)/t16-/m0/s1. The number of carbonyl (C=O) groups excluding carboxylic acids is 2. The minimum Gasteiger partial charge on any atom is -0.484 e. The Hall–Kier alpha value is -2.82. The number of para-hydroxylation sites is 1. The first-order chi connectivity index (χ1) is 12.1. The molecule has 130 valence electrons. The Morgan fingerprint density at radius 1 is 1.20 bits per heavy atom. The summed E-state index contributed by atoms with van der Waals surface area (Å²) in [4.78, 5) is 25.9. The van der Waals surface area contributed by atoms with Crippen LogP contribution in [0, 0.1) is 12.8 Å². The summed E-state index contributed by atoms with van der Waals surface area (Å²) in [7, 11) is 0. The molecule has 0 radical (unpaired) electrons. The highest BCUT2D eigenvalue weighted by Gasteiger charge is 2.30. The van der Waals surface area contributed by atoms with E-state index in [0.29, 0.717) is 25.3 Å². The van der Waals surface area contributed by atoms with Gasteiger partial charge < -0.3 is 15.0 Å². The van der Waals surface area contributed by atoms with Gasteiger partial charge in [-0.25, -0.2) is 0 Å². The largest absolute Gasteiger partial charge is 0.484 e. The number of amides is 2. The van der Waals surface area contributed by atoms with Gasteiger partial charge in [0.2, 0.25) is 5.91 Å². The van der Waals surface area contributed by atoms with Crippen LogP contribution in [0.3, 0.4) is 0 Å². The van der Waals surface area contributed by atoms with E-state index in [-0.39, 0.29) is 24.3 Å². The van der Waals surface area contributed by atoms with Gasteiger partial charge in [0, 0.05) is 31.1 Å². The van der Waals surface area contributed by atoms with Crippen LogP contribution >= 0.6 is 0 Å². The minimum atomic E-state index is -0.174. The minimum absolute atomic E-state index is 0.0213. The van der Waals surface area contributed by atoms with Gasteiger partial charge in [0.05, 0.1) is 0 Å². The Bertz CT molecular complexity index is 746. The van der Waals surface area contributed by atoms with Gasteiger partial charge in [0.25, 0.3) is 5.91 Å². The molecule has 2 amide bonds. The molecule has 1 aliphatic heterocycles. The molecule has 5 heteroatoms. The van der Waals surface area contributed by atoms with Crippen LogP contribution in [0.5, 0.6) is 5.75 Å². The van der Waals surface area contributed by atoms with Gasteiger partial charge in [-0.1, -0.05) is 30.3 Å². The van der Waals surface area contributed by atoms with Crippen LogP contribution in [0.25, 0.3) is 0 Å². The van der Waals surface area contributed by atoms with E-state index in [1.807, 2.05) is 61.5 Å². The third kappa shape index (κ3) is 4.59. The molecule has 2 aromatic rings. The number of hydrogen-bond donors (Lipinski definition) is 1. The number of ether oxygens (including phenoxy) is 1. The SMILES string of the molecule is Cc1cccc(OCC(=O)NC[C@@H]2CC(=O)N(c3ccccc3)C2)c1. The molecule has 0 unspecified atom stereocenters. The Morgan fingerprint density at radius 2 is 2.00 bits per heavy atom. The number of aryl methyl sites for hydroxylation is 1. The first kappa shape index (κ1) is 17.0. The van der Waals surface area contributed by atoms with Gasteiger partial charge in [-0.15, -0.1) is 0 Å². The second-order valence-corrected chi connectivity index (χ2v) is 6.32. The number of benzene rings is 2. The lowest BCUT2D eigenvalue weighted by molar-refractivity contribution is -0.123. The molecule has 0 saturated carbocycles. The van der Waals surface area contributed by atoms with Crippen LogP contribution in [-0.2, 0) is 9.59 Å². The summed E-state index contributed by atoms with van der Waals surface area (Å²) >= 11 is 0. The molecular formula is C20H22N2O3. The molecule has 1 saturated heterocycles. The third-order valence-corrected chi connectivity index (χ3v) is 4.22. The van der Waals surface area contributed by atoms with Gasteiger partial charge in [-0.3, -0.25) is 9.59 Å². The van der Waals surface area contributed by atoms with Crippen molar-refractivity contribution in [3.05, 3.63) is 60.2 Å². The van der Waals surface area contributed by atoms with Crippen LogP contribution in [0.2, 0.25) is 0 Å². The number of hydrogen-bond acceptors (Lipinski definition) is 3. The summed E-state index contributed by atoms with van der Waals surface area (Å²) in [5.74, 6) is 0.727. The average Bonchev–Trinajstić information content (AvgIpc) is 3.00. The van der Waals surface area contributed by atoms with Gasteiger partial charge in [0.15, 0.2) is 6.61 Å².